The van der Waals surface area contributed by atoms with E-state index in [-0.39, 0.29) is 17.8 Å². The molecule has 2 rings (SSSR count). The molecule has 0 radical (unpaired) electrons. The Hall–Kier alpha value is -1.87. The number of hydrogen-bond donors (Lipinski definition) is 0. The quantitative estimate of drug-likeness (QED) is 0.205. The first-order valence-electron chi connectivity index (χ1n) is 10.7. The van der Waals surface area contributed by atoms with Crippen LogP contribution in [0.1, 0.15) is 44.7 Å². The van der Waals surface area contributed by atoms with Gasteiger partial charge in [-0.15, -0.1) is 24.9 Å². The van der Waals surface area contributed by atoms with Crippen LogP contribution < -0.4 is 9.47 Å². The first kappa shape index (κ1) is 27.4. The molecule has 0 aromatic heterocycles. The second kappa shape index (κ2) is 13.1. The number of alkyl halides is 3. The molecule has 0 heterocycles. The number of thioether (sulfide) groups is 1. The molecule has 9 heteroatoms. The van der Waals surface area contributed by atoms with Crippen molar-refractivity contribution in [2.75, 3.05) is 12.4 Å². The van der Waals surface area contributed by atoms with Gasteiger partial charge >= 0.3 is 12.3 Å². The smallest absolute Gasteiger partial charge is 0.490 e. The number of esters is 1. The van der Waals surface area contributed by atoms with Gasteiger partial charge in [0.15, 0.2) is 0 Å². The maximum atomic E-state index is 12.3. The molecule has 182 valence electrons. The van der Waals surface area contributed by atoms with Gasteiger partial charge in [0.2, 0.25) is 0 Å². The number of rotatable bonds is 12. The lowest BCUT2D eigenvalue weighted by molar-refractivity contribution is -0.274. The van der Waals surface area contributed by atoms with Crippen molar-refractivity contribution in [2.45, 2.75) is 63.8 Å². The summed E-state index contributed by atoms with van der Waals surface area (Å²) in [6.07, 6.45) is -2.18. The molecule has 0 unspecified atom stereocenters. The number of benzene rings is 2. The van der Waals surface area contributed by atoms with E-state index in [0.29, 0.717) is 29.7 Å². The highest BCUT2D eigenvalue weighted by atomic mass is 79.9. The van der Waals surface area contributed by atoms with Gasteiger partial charge in [-0.2, -0.15) is 0 Å². The Morgan fingerprint density at radius 3 is 2.52 bits per heavy atom. The maximum absolute atomic E-state index is 12.3. The van der Waals surface area contributed by atoms with E-state index in [2.05, 4.69) is 45.8 Å². The molecule has 0 fully saturated rings. The minimum absolute atomic E-state index is 0.127. The Morgan fingerprint density at radius 1 is 1.12 bits per heavy atom. The minimum atomic E-state index is -4.73. The summed E-state index contributed by atoms with van der Waals surface area (Å²) in [6.45, 7) is 6.21. The van der Waals surface area contributed by atoms with Crippen LogP contribution in [0.4, 0.5) is 13.2 Å². The molecule has 0 aliphatic carbocycles. The van der Waals surface area contributed by atoms with Gasteiger partial charge in [-0.05, 0) is 90.5 Å². The number of carbonyl (C=O) groups is 1. The molecule has 0 bridgehead atoms. The second-order valence-corrected chi connectivity index (χ2v) is 9.32. The van der Waals surface area contributed by atoms with Gasteiger partial charge in [0.05, 0.1) is 17.2 Å². The van der Waals surface area contributed by atoms with Gasteiger partial charge in [0, 0.05) is 17.1 Å². The summed E-state index contributed by atoms with van der Waals surface area (Å²) >= 11 is 4.95. The fraction of sp³-hybridized carbons (Fsp3) is 0.458. The van der Waals surface area contributed by atoms with Crippen molar-refractivity contribution in [3.63, 3.8) is 0 Å². The number of aryl methyl sites for hydroxylation is 2. The van der Waals surface area contributed by atoms with Crippen molar-refractivity contribution < 1.29 is 32.2 Å². The molecule has 33 heavy (non-hydrogen) atoms. The largest absolute Gasteiger partial charge is 0.573 e. The first-order valence-corrected chi connectivity index (χ1v) is 12.5. The van der Waals surface area contributed by atoms with E-state index in [1.54, 1.807) is 18.7 Å². The van der Waals surface area contributed by atoms with Crippen LogP contribution in [0.25, 0.3) is 0 Å². The van der Waals surface area contributed by atoms with Crippen LogP contribution >= 0.6 is 27.7 Å². The molecular weight excluding hydrogens is 521 g/mol. The van der Waals surface area contributed by atoms with Crippen molar-refractivity contribution in [3.8, 4) is 11.5 Å². The van der Waals surface area contributed by atoms with Gasteiger partial charge in [-0.25, -0.2) is 0 Å². The lowest BCUT2D eigenvalue weighted by Gasteiger charge is -2.17. The third-order valence-corrected chi connectivity index (χ3v) is 6.37. The van der Waals surface area contributed by atoms with Crippen molar-refractivity contribution in [1.82, 2.24) is 0 Å². The van der Waals surface area contributed by atoms with E-state index in [0.717, 1.165) is 29.1 Å². The normalized spacial score (nSPS) is 12.3. The Kier molecular flexibility index (Phi) is 10.9. The summed E-state index contributed by atoms with van der Waals surface area (Å²) in [5.74, 6) is 0.795. The fourth-order valence-corrected chi connectivity index (χ4v) is 4.65. The lowest BCUT2D eigenvalue weighted by Crippen LogP contribution is -2.17. The van der Waals surface area contributed by atoms with Crippen LogP contribution in [0.3, 0.4) is 0 Å². The van der Waals surface area contributed by atoms with Gasteiger partial charge in [-0.3, -0.25) is 4.79 Å². The molecule has 0 aliphatic rings. The second-order valence-electron chi connectivity index (χ2n) is 7.29. The average molecular weight is 549 g/mol. The molecule has 2 aromatic rings. The highest BCUT2D eigenvalue weighted by Crippen LogP contribution is 2.33. The Morgan fingerprint density at radius 2 is 1.88 bits per heavy atom. The summed E-state index contributed by atoms with van der Waals surface area (Å²) in [6, 6.07) is 10.2. The Balaban J connectivity index is 1.85. The highest BCUT2D eigenvalue weighted by molar-refractivity contribution is 9.10. The first-order chi connectivity index (χ1) is 15.6. The third-order valence-electron chi connectivity index (χ3n) is 4.72. The molecule has 0 saturated heterocycles. The van der Waals surface area contributed by atoms with Gasteiger partial charge in [-0.1, -0.05) is 13.0 Å². The van der Waals surface area contributed by atoms with Crippen LogP contribution in [-0.4, -0.2) is 30.8 Å². The number of ether oxygens (including phenoxy) is 3. The van der Waals surface area contributed by atoms with E-state index >= 15 is 0 Å². The van der Waals surface area contributed by atoms with Crippen molar-refractivity contribution in [1.29, 1.82) is 0 Å². The highest BCUT2D eigenvalue weighted by Gasteiger charge is 2.31. The van der Waals surface area contributed by atoms with Gasteiger partial charge in [0.25, 0.3) is 0 Å². The average Bonchev–Trinajstić information content (AvgIpc) is 2.73. The predicted octanol–water partition coefficient (Wildman–Crippen LogP) is 7.36. The molecule has 0 N–H and O–H groups in total. The van der Waals surface area contributed by atoms with E-state index in [4.69, 9.17) is 9.47 Å². The molecule has 1 atom stereocenters. The zero-order valence-corrected chi connectivity index (χ0v) is 21.2. The molecule has 0 aliphatic heterocycles. The molecule has 0 amide bonds. The standard InChI is InChI=1S/C24H28BrF3O4S/c1-4-17-14-20(9-6-18(17)7-11-23(29)30-5-2)33-13-12-16(3)31-22-10-8-19(15-21(22)25)32-24(26,27)28/h6,8-10,14-16H,4-5,7,11-13H2,1-3H3/t16-/m1/s1. The van der Waals surface area contributed by atoms with Gasteiger partial charge in [0.1, 0.15) is 11.5 Å². The molecule has 4 nitrogen and oxygen atoms in total. The zero-order chi connectivity index (χ0) is 24.4. The van der Waals surface area contributed by atoms with Crippen LogP contribution in [0.5, 0.6) is 11.5 Å². The van der Waals surface area contributed by atoms with E-state index < -0.39 is 6.36 Å². The molecule has 0 spiro atoms. The van der Waals surface area contributed by atoms with Crippen molar-refractivity contribution >= 4 is 33.7 Å². The SMILES string of the molecule is CCOC(=O)CCc1ccc(SCC[C@@H](C)Oc2ccc(OC(F)(F)F)cc2Br)cc1CC. The van der Waals surface area contributed by atoms with Crippen molar-refractivity contribution in [2.24, 2.45) is 0 Å². The fourth-order valence-electron chi connectivity index (χ4n) is 3.13. The summed E-state index contributed by atoms with van der Waals surface area (Å²) in [4.78, 5) is 12.8. The van der Waals surface area contributed by atoms with E-state index in [1.807, 2.05) is 6.92 Å². The topological polar surface area (TPSA) is 44.8 Å². The van der Waals surface area contributed by atoms with Crippen molar-refractivity contribution in [3.05, 3.63) is 52.0 Å². The Labute approximate surface area is 205 Å². The van der Waals surface area contributed by atoms with Gasteiger partial charge < -0.3 is 14.2 Å². The van der Waals surface area contributed by atoms with Crippen LogP contribution in [-0.2, 0) is 22.4 Å². The summed E-state index contributed by atoms with van der Waals surface area (Å²) in [5, 5.41) is 0. The Bertz CT molecular complexity index is 921. The van der Waals surface area contributed by atoms with Crippen LogP contribution in [0.2, 0.25) is 0 Å². The molecular formula is C24H28BrF3O4S. The molecule has 0 saturated carbocycles. The maximum Gasteiger partial charge on any atom is 0.573 e. The van der Waals surface area contributed by atoms with E-state index in [1.165, 1.54) is 23.8 Å². The monoisotopic (exact) mass is 548 g/mol. The van der Waals surface area contributed by atoms with Crippen LogP contribution in [0, 0.1) is 0 Å². The molecule has 2 aromatic carbocycles. The summed E-state index contributed by atoms with van der Waals surface area (Å²) in [7, 11) is 0. The summed E-state index contributed by atoms with van der Waals surface area (Å²) in [5.41, 5.74) is 2.38. The zero-order valence-electron chi connectivity index (χ0n) is 18.8. The lowest BCUT2D eigenvalue weighted by atomic mass is 10.0. The minimum Gasteiger partial charge on any atom is -0.490 e. The van der Waals surface area contributed by atoms with E-state index in [9.17, 15) is 18.0 Å². The predicted molar refractivity (Wildman–Crippen MR) is 127 cm³/mol. The summed E-state index contributed by atoms with van der Waals surface area (Å²) < 4.78 is 52.2. The third kappa shape index (κ3) is 9.88. The number of halogens is 4. The number of carbonyl (C=O) groups excluding carboxylic acids is 1. The van der Waals surface area contributed by atoms with Crippen LogP contribution in [0.15, 0.2) is 45.8 Å². The number of hydrogen-bond acceptors (Lipinski definition) is 5.